The Morgan fingerprint density at radius 2 is 2.19 bits per heavy atom. The molecule has 0 saturated carbocycles. The molecule has 1 amide bonds. The molecule has 1 saturated heterocycles. The minimum absolute atomic E-state index is 0.0225. The first-order chi connectivity index (χ1) is 10.0. The Hall–Kier alpha value is -1.55. The minimum Gasteiger partial charge on any atom is -0.491 e. The Labute approximate surface area is 127 Å². The number of rotatable bonds is 4. The van der Waals surface area contributed by atoms with Crippen molar-refractivity contribution in [1.29, 1.82) is 0 Å². The van der Waals surface area contributed by atoms with Crippen molar-refractivity contribution in [1.82, 2.24) is 4.90 Å². The summed E-state index contributed by atoms with van der Waals surface area (Å²) in [5.41, 5.74) is 7.42. The van der Waals surface area contributed by atoms with E-state index in [1.54, 1.807) is 0 Å². The lowest BCUT2D eigenvalue weighted by atomic mass is 9.96. The van der Waals surface area contributed by atoms with Crippen molar-refractivity contribution < 1.29 is 9.53 Å². The predicted molar refractivity (Wildman–Crippen MR) is 84.2 cm³/mol. The molecule has 0 aliphatic carbocycles. The van der Waals surface area contributed by atoms with Crippen LogP contribution in [0.5, 0.6) is 5.75 Å². The van der Waals surface area contributed by atoms with E-state index in [1.165, 1.54) is 0 Å². The van der Waals surface area contributed by atoms with E-state index in [-0.39, 0.29) is 24.1 Å². The highest BCUT2D eigenvalue weighted by atomic mass is 16.5. The van der Waals surface area contributed by atoms with Crippen LogP contribution in [0.1, 0.15) is 51.6 Å². The highest BCUT2D eigenvalue weighted by Crippen LogP contribution is 2.31. The Bertz CT molecular complexity index is 487. The smallest absolute Gasteiger partial charge is 0.223 e. The van der Waals surface area contributed by atoms with Crippen LogP contribution in [0.15, 0.2) is 24.3 Å². The van der Waals surface area contributed by atoms with E-state index in [2.05, 4.69) is 0 Å². The van der Waals surface area contributed by atoms with Crippen molar-refractivity contribution in [2.75, 3.05) is 6.54 Å². The first kappa shape index (κ1) is 15.8. The summed E-state index contributed by atoms with van der Waals surface area (Å²) in [5.74, 6) is 1.04. The topological polar surface area (TPSA) is 55.6 Å². The van der Waals surface area contributed by atoms with E-state index in [4.69, 9.17) is 10.5 Å². The van der Waals surface area contributed by atoms with E-state index in [0.29, 0.717) is 13.0 Å². The van der Waals surface area contributed by atoms with Gasteiger partial charge in [0.2, 0.25) is 5.91 Å². The molecule has 1 aromatic rings. The van der Waals surface area contributed by atoms with Crippen LogP contribution < -0.4 is 10.5 Å². The molecule has 2 N–H and O–H groups in total. The van der Waals surface area contributed by atoms with Gasteiger partial charge in [-0.15, -0.1) is 0 Å². The normalized spacial score (nSPS) is 23.3. The summed E-state index contributed by atoms with van der Waals surface area (Å²) in [6.45, 7) is 6.71. The number of hydrogen-bond acceptors (Lipinski definition) is 3. The van der Waals surface area contributed by atoms with Gasteiger partial charge in [0.1, 0.15) is 5.75 Å². The number of ether oxygens (including phenoxy) is 1. The van der Waals surface area contributed by atoms with E-state index < -0.39 is 0 Å². The van der Waals surface area contributed by atoms with E-state index in [1.807, 2.05) is 49.9 Å². The lowest BCUT2D eigenvalue weighted by Crippen LogP contribution is -2.42. The first-order valence-electron chi connectivity index (χ1n) is 7.84. The van der Waals surface area contributed by atoms with Crippen molar-refractivity contribution >= 4 is 5.91 Å². The maximum atomic E-state index is 12.3. The third kappa shape index (κ3) is 3.76. The molecule has 4 heteroatoms. The van der Waals surface area contributed by atoms with Crippen LogP contribution in [0.25, 0.3) is 0 Å². The van der Waals surface area contributed by atoms with Crippen LogP contribution >= 0.6 is 0 Å². The van der Waals surface area contributed by atoms with Crippen LogP contribution in [0.3, 0.4) is 0 Å². The van der Waals surface area contributed by atoms with Crippen LogP contribution in [-0.2, 0) is 4.79 Å². The molecular formula is C17H26N2O2. The van der Waals surface area contributed by atoms with Gasteiger partial charge in [0.05, 0.1) is 12.1 Å². The Balaban J connectivity index is 2.33. The fraction of sp³-hybridized carbons (Fsp3) is 0.588. The molecule has 0 radical (unpaired) electrons. The Morgan fingerprint density at radius 1 is 1.43 bits per heavy atom. The van der Waals surface area contributed by atoms with Gasteiger partial charge in [0.15, 0.2) is 0 Å². The van der Waals surface area contributed by atoms with Gasteiger partial charge in [-0.25, -0.2) is 0 Å². The van der Waals surface area contributed by atoms with E-state index >= 15 is 0 Å². The van der Waals surface area contributed by atoms with Crippen molar-refractivity contribution in [3.05, 3.63) is 29.8 Å². The van der Waals surface area contributed by atoms with E-state index in [9.17, 15) is 4.79 Å². The molecule has 2 atom stereocenters. The predicted octanol–water partition coefficient (Wildman–Crippen LogP) is 2.87. The molecule has 116 valence electrons. The molecule has 2 unspecified atom stereocenters. The quantitative estimate of drug-likeness (QED) is 0.927. The third-order valence-electron chi connectivity index (χ3n) is 3.90. The van der Waals surface area contributed by atoms with Crippen LogP contribution in [-0.4, -0.2) is 29.5 Å². The number of likely N-dealkylation sites (tertiary alicyclic amines) is 1. The molecule has 1 aliphatic rings. The van der Waals surface area contributed by atoms with Gasteiger partial charge in [0, 0.05) is 19.0 Å². The van der Waals surface area contributed by atoms with Gasteiger partial charge in [0.25, 0.3) is 0 Å². The van der Waals surface area contributed by atoms with Crippen molar-refractivity contribution in [2.24, 2.45) is 5.73 Å². The molecule has 0 aromatic heterocycles. The number of nitrogens with zero attached hydrogens (tertiary/aromatic N) is 1. The Kier molecular flexibility index (Phi) is 5.23. The molecule has 1 aromatic carbocycles. The Morgan fingerprint density at radius 3 is 2.86 bits per heavy atom. The van der Waals surface area contributed by atoms with Gasteiger partial charge in [-0.3, -0.25) is 4.79 Å². The van der Waals surface area contributed by atoms with Gasteiger partial charge in [-0.1, -0.05) is 12.1 Å². The molecule has 21 heavy (non-hydrogen) atoms. The van der Waals surface area contributed by atoms with Gasteiger partial charge in [-0.05, 0) is 51.3 Å². The second-order valence-corrected chi connectivity index (χ2v) is 5.92. The van der Waals surface area contributed by atoms with Crippen molar-refractivity contribution in [3.8, 4) is 5.75 Å². The summed E-state index contributed by atoms with van der Waals surface area (Å²) in [7, 11) is 0. The summed E-state index contributed by atoms with van der Waals surface area (Å²) >= 11 is 0. The average Bonchev–Trinajstić information content (AvgIpc) is 2.57. The number of likely N-dealkylation sites (N-methyl/N-ethyl adjacent to an activating group) is 1. The number of carbonyl (C=O) groups is 1. The second kappa shape index (κ2) is 6.94. The summed E-state index contributed by atoms with van der Waals surface area (Å²) in [5, 5.41) is 0. The van der Waals surface area contributed by atoms with Gasteiger partial charge < -0.3 is 15.4 Å². The molecule has 1 fully saturated rings. The molecule has 4 nitrogen and oxygen atoms in total. The minimum atomic E-state index is -0.0549. The largest absolute Gasteiger partial charge is 0.491 e. The molecule has 1 aliphatic heterocycles. The fourth-order valence-corrected chi connectivity index (χ4v) is 3.02. The van der Waals surface area contributed by atoms with E-state index in [0.717, 1.165) is 24.2 Å². The zero-order valence-electron chi connectivity index (χ0n) is 13.2. The first-order valence-corrected chi connectivity index (χ1v) is 7.84. The number of nitrogens with two attached hydrogens (primary N) is 1. The van der Waals surface area contributed by atoms with Crippen LogP contribution in [0, 0.1) is 0 Å². The fourth-order valence-electron chi connectivity index (χ4n) is 3.02. The highest BCUT2D eigenvalue weighted by Gasteiger charge is 2.31. The molecule has 0 bridgehead atoms. The second-order valence-electron chi connectivity index (χ2n) is 5.92. The molecular weight excluding hydrogens is 264 g/mol. The average molecular weight is 290 g/mol. The SMILES string of the molecule is CCN1C(=O)CCCC(N)C1c1cccc(OC(C)C)c1. The van der Waals surface area contributed by atoms with Gasteiger partial charge >= 0.3 is 0 Å². The summed E-state index contributed by atoms with van der Waals surface area (Å²) in [6, 6.07) is 7.91. The lowest BCUT2D eigenvalue weighted by Gasteiger charge is -2.33. The standard InChI is InChI=1S/C17H26N2O2/c1-4-19-16(20)10-6-9-15(18)17(19)13-7-5-8-14(11-13)21-12(2)3/h5,7-8,11-12,15,17H,4,6,9-10,18H2,1-3H3. The van der Waals surface area contributed by atoms with Gasteiger partial charge in [-0.2, -0.15) is 0 Å². The van der Waals surface area contributed by atoms with Crippen molar-refractivity contribution in [2.45, 2.75) is 58.2 Å². The number of hydrogen-bond donors (Lipinski definition) is 1. The monoisotopic (exact) mass is 290 g/mol. The van der Waals surface area contributed by atoms with Crippen LogP contribution in [0.4, 0.5) is 0 Å². The van der Waals surface area contributed by atoms with Crippen molar-refractivity contribution in [3.63, 3.8) is 0 Å². The lowest BCUT2D eigenvalue weighted by molar-refractivity contribution is -0.133. The number of benzene rings is 1. The number of carbonyl (C=O) groups excluding carboxylic acids is 1. The maximum Gasteiger partial charge on any atom is 0.223 e. The molecule has 2 rings (SSSR count). The zero-order valence-corrected chi connectivity index (χ0v) is 13.2. The number of amides is 1. The highest BCUT2D eigenvalue weighted by molar-refractivity contribution is 5.77. The molecule has 0 spiro atoms. The molecule has 1 heterocycles. The summed E-state index contributed by atoms with van der Waals surface area (Å²) < 4.78 is 5.76. The zero-order chi connectivity index (χ0) is 15.4. The third-order valence-corrected chi connectivity index (χ3v) is 3.90. The maximum absolute atomic E-state index is 12.3. The summed E-state index contributed by atoms with van der Waals surface area (Å²) in [6.07, 6.45) is 2.48. The van der Waals surface area contributed by atoms with Crippen LogP contribution in [0.2, 0.25) is 0 Å². The summed E-state index contributed by atoms with van der Waals surface area (Å²) in [4.78, 5) is 14.2.